The van der Waals surface area contributed by atoms with Crippen molar-refractivity contribution in [2.24, 2.45) is 0 Å². The quantitative estimate of drug-likeness (QED) is 0.145. The smallest absolute Gasteiger partial charge is 0.294 e. The fraction of sp³-hybridized carbons (Fsp3) is 0.250. The van der Waals surface area contributed by atoms with Gasteiger partial charge >= 0.3 is 8.25 Å². The molecule has 0 unspecified atom stereocenters. The largest absolute Gasteiger partial charge is 0.321 e. The molecule has 210 valence electrons. The van der Waals surface area contributed by atoms with E-state index in [4.69, 9.17) is 55.5 Å². The van der Waals surface area contributed by atoms with Crippen LogP contribution in [0.3, 0.4) is 0 Å². The zero-order valence-electron chi connectivity index (χ0n) is 22.3. The van der Waals surface area contributed by atoms with Gasteiger partial charge in [0.15, 0.2) is 0 Å². The van der Waals surface area contributed by atoms with Crippen molar-refractivity contribution in [3.63, 3.8) is 0 Å². The number of rotatable bonds is 12. The molecule has 4 rings (SSSR count). The minimum Gasteiger partial charge on any atom is -0.294 e. The molecule has 0 radical (unpaired) electrons. The first-order valence-corrected chi connectivity index (χ1v) is 15.9. The lowest BCUT2D eigenvalue weighted by Gasteiger charge is -2.38. The van der Waals surface area contributed by atoms with Gasteiger partial charge in [0.25, 0.3) is 0 Å². The second-order valence-electron chi connectivity index (χ2n) is 9.64. The van der Waals surface area contributed by atoms with Gasteiger partial charge in [0.05, 0.1) is 0 Å². The molecule has 0 atom stereocenters. The summed E-state index contributed by atoms with van der Waals surface area (Å²) in [6.07, 6.45) is 2.63. The molecule has 0 saturated carbocycles. The van der Waals surface area contributed by atoms with E-state index in [-0.39, 0.29) is 0 Å². The Labute approximate surface area is 257 Å². The lowest BCUT2D eigenvalue weighted by atomic mass is 9.83. The third-order valence-electron chi connectivity index (χ3n) is 6.96. The van der Waals surface area contributed by atoms with Crippen LogP contribution in [0.5, 0.6) is 0 Å². The highest BCUT2D eigenvalue weighted by molar-refractivity contribution is 7.33. The van der Waals surface area contributed by atoms with Crippen molar-refractivity contribution in [2.75, 3.05) is 0 Å². The molecule has 0 aromatic heterocycles. The molecule has 0 aliphatic rings. The highest BCUT2D eigenvalue weighted by Crippen LogP contribution is 2.52. The summed E-state index contributed by atoms with van der Waals surface area (Å²) >= 11 is 24.9. The standard InChI is InChI=1S/C32H31Cl4O3P/c1-3-21-31(23-5-13-27(33)14-6-23,24-7-15-28(34)16-8-24)38-40(37)39-32(22-4-2,25-9-17-29(35)18-10-25)26-11-19-30(36)20-12-26/h5-20,40H,3-4,21-22H2,1-2H3. The predicted octanol–water partition coefficient (Wildman–Crippen LogP) is 11.5. The molecule has 0 N–H and O–H groups in total. The topological polar surface area (TPSA) is 35.5 Å². The molecule has 8 heteroatoms. The Balaban J connectivity index is 1.83. The van der Waals surface area contributed by atoms with Crippen LogP contribution in [0.15, 0.2) is 97.1 Å². The maximum atomic E-state index is 14.2. The molecule has 0 saturated heterocycles. The van der Waals surface area contributed by atoms with Gasteiger partial charge in [-0.2, -0.15) is 0 Å². The van der Waals surface area contributed by atoms with E-state index in [9.17, 15) is 4.57 Å². The first-order chi connectivity index (χ1) is 19.2. The van der Waals surface area contributed by atoms with Crippen LogP contribution in [0.1, 0.15) is 61.8 Å². The lowest BCUT2D eigenvalue weighted by Crippen LogP contribution is -2.32. The number of benzene rings is 4. The maximum absolute atomic E-state index is 14.2. The molecule has 40 heavy (non-hydrogen) atoms. The van der Waals surface area contributed by atoms with Crippen molar-refractivity contribution in [3.8, 4) is 0 Å². The Hall–Kier alpha value is -1.81. The van der Waals surface area contributed by atoms with Crippen LogP contribution in [0, 0.1) is 0 Å². The van der Waals surface area contributed by atoms with Crippen molar-refractivity contribution >= 4 is 54.7 Å². The first kappa shape index (κ1) is 31.1. The van der Waals surface area contributed by atoms with Crippen molar-refractivity contribution < 1.29 is 13.6 Å². The minimum atomic E-state index is -3.16. The Kier molecular flexibility index (Phi) is 10.8. The van der Waals surface area contributed by atoms with Crippen molar-refractivity contribution in [1.82, 2.24) is 0 Å². The van der Waals surface area contributed by atoms with Gasteiger partial charge in [0.2, 0.25) is 0 Å². The molecule has 4 aromatic rings. The van der Waals surface area contributed by atoms with Crippen LogP contribution < -0.4 is 0 Å². The second kappa shape index (κ2) is 13.9. The van der Waals surface area contributed by atoms with Crippen molar-refractivity contribution in [3.05, 3.63) is 139 Å². The molecule has 0 amide bonds. The molecule has 0 aliphatic carbocycles. The Morgan fingerprint density at radius 1 is 0.500 bits per heavy atom. The van der Waals surface area contributed by atoms with Gasteiger partial charge in [0.1, 0.15) is 11.2 Å². The molecule has 0 bridgehead atoms. The zero-order valence-corrected chi connectivity index (χ0v) is 26.3. The average Bonchev–Trinajstić information content (AvgIpc) is 2.94. The van der Waals surface area contributed by atoms with E-state index in [2.05, 4.69) is 13.8 Å². The summed E-state index contributed by atoms with van der Waals surface area (Å²) in [5.74, 6) is 0. The van der Waals surface area contributed by atoms with Crippen LogP contribution in [0.25, 0.3) is 0 Å². The number of halogens is 4. The van der Waals surface area contributed by atoms with Crippen LogP contribution >= 0.6 is 54.7 Å². The Morgan fingerprint density at radius 2 is 0.725 bits per heavy atom. The summed E-state index contributed by atoms with van der Waals surface area (Å²) in [7, 11) is -3.16. The first-order valence-electron chi connectivity index (χ1n) is 13.2. The van der Waals surface area contributed by atoms with E-state index in [1.807, 2.05) is 48.5 Å². The molecular formula is C32H31Cl4O3P. The summed E-state index contributed by atoms with van der Waals surface area (Å²) in [4.78, 5) is 0. The fourth-order valence-corrected chi connectivity index (χ4v) is 6.92. The third-order valence-corrected chi connectivity index (χ3v) is 9.00. The summed E-state index contributed by atoms with van der Waals surface area (Å²) in [5, 5.41) is 2.39. The molecule has 0 heterocycles. The number of hydrogen-bond acceptors (Lipinski definition) is 3. The second-order valence-corrected chi connectivity index (χ2v) is 12.3. The number of hydrogen-bond donors (Lipinski definition) is 0. The van der Waals surface area contributed by atoms with E-state index in [0.29, 0.717) is 32.9 Å². The third kappa shape index (κ3) is 6.97. The van der Waals surface area contributed by atoms with Crippen LogP contribution in [0.4, 0.5) is 0 Å². The molecule has 4 aromatic carbocycles. The summed E-state index contributed by atoms with van der Waals surface area (Å²) < 4.78 is 27.4. The molecular weight excluding hydrogens is 605 g/mol. The van der Waals surface area contributed by atoms with Gasteiger partial charge in [-0.25, -0.2) is 0 Å². The van der Waals surface area contributed by atoms with Crippen LogP contribution in [-0.2, 0) is 24.8 Å². The van der Waals surface area contributed by atoms with E-state index in [1.54, 1.807) is 48.5 Å². The highest BCUT2D eigenvalue weighted by atomic mass is 35.5. The predicted molar refractivity (Wildman–Crippen MR) is 168 cm³/mol. The SMILES string of the molecule is CCCC(O[PH](=O)OC(CCC)(c1ccc(Cl)cc1)c1ccc(Cl)cc1)(c1ccc(Cl)cc1)c1ccc(Cl)cc1. The average molecular weight is 636 g/mol. The molecule has 0 fully saturated rings. The molecule has 3 nitrogen and oxygen atoms in total. The van der Waals surface area contributed by atoms with Gasteiger partial charge in [-0.05, 0) is 83.6 Å². The van der Waals surface area contributed by atoms with Gasteiger partial charge in [-0.1, -0.05) is 122 Å². The molecule has 0 spiro atoms. The highest BCUT2D eigenvalue weighted by Gasteiger charge is 2.41. The Morgan fingerprint density at radius 3 is 0.925 bits per heavy atom. The van der Waals surface area contributed by atoms with Crippen LogP contribution in [-0.4, -0.2) is 0 Å². The van der Waals surface area contributed by atoms with E-state index < -0.39 is 19.5 Å². The normalized spacial score (nSPS) is 12.2. The van der Waals surface area contributed by atoms with Crippen molar-refractivity contribution in [2.45, 2.75) is 50.7 Å². The van der Waals surface area contributed by atoms with Gasteiger partial charge in [-0.15, -0.1) is 0 Å². The van der Waals surface area contributed by atoms with E-state index in [0.717, 1.165) is 35.1 Å². The minimum absolute atomic E-state index is 0.554. The summed E-state index contributed by atoms with van der Waals surface area (Å²) in [5.41, 5.74) is 1.17. The Bertz CT molecular complexity index is 1210. The lowest BCUT2D eigenvalue weighted by molar-refractivity contribution is 0.0356. The van der Waals surface area contributed by atoms with E-state index >= 15 is 0 Å². The van der Waals surface area contributed by atoms with Gasteiger partial charge in [-0.3, -0.25) is 13.6 Å². The zero-order chi connectivity index (χ0) is 28.8. The van der Waals surface area contributed by atoms with E-state index in [1.165, 1.54) is 0 Å². The van der Waals surface area contributed by atoms with Gasteiger partial charge < -0.3 is 0 Å². The van der Waals surface area contributed by atoms with Crippen LogP contribution in [0.2, 0.25) is 20.1 Å². The molecule has 0 aliphatic heterocycles. The summed E-state index contributed by atoms with van der Waals surface area (Å²) in [6.45, 7) is 4.12. The fourth-order valence-electron chi connectivity index (χ4n) is 5.13. The maximum Gasteiger partial charge on any atom is 0.321 e. The van der Waals surface area contributed by atoms with Crippen molar-refractivity contribution in [1.29, 1.82) is 0 Å². The van der Waals surface area contributed by atoms with Gasteiger partial charge in [0, 0.05) is 20.1 Å². The monoisotopic (exact) mass is 634 g/mol. The summed E-state index contributed by atoms with van der Waals surface area (Å²) in [6, 6.07) is 29.7.